The maximum absolute atomic E-state index is 11.8. The largest absolute Gasteiger partial charge is 0.345 e. The van der Waals surface area contributed by atoms with Crippen LogP contribution in [0.2, 0.25) is 0 Å². The van der Waals surface area contributed by atoms with Gasteiger partial charge in [0.1, 0.15) is 6.04 Å². The first-order valence-electron chi connectivity index (χ1n) is 5.29. The summed E-state index contributed by atoms with van der Waals surface area (Å²) in [6.45, 7) is 3.34. The van der Waals surface area contributed by atoms with E-state index in [9.17, 15) is 9.59 Å². The van der Waals surface area contributed by atoms with Gasteiger partial charge in [0.25, 0.3) is 0 Å². The summed E-state index contributed by atoms with van der Waals surface area (Å²) in [4.78, 5) is 24.8. The highest BCUT2D eigenvalue weighted by molar-refractivity contribution is 6.18. The first-order chi connectivity index (χ1) is 7.15. The summed E-state index contributed by atoms with van der Waals surface area (Å²) in [5.74, 6) is 0.136. The Balaban J connectivity index is 2.35. The molecule has 1 rings (SSSR count). The lowest BCUT2D eigenvalue weighted by Crippen LogP contribution is -2.45. The van der Waals surface area contributed by atoms with Gasteiger partial charge in [-0.25, -0.2) is 0 Å². The van der Waals surface area contributed by atoms with Gasteiger partial charge in [-0.1, -0.05) is 0 Å². The Morgan fingerprint density at radius 1 is 1.40 bits per heavy atom. The number of nitrogens with zero attached hydrogens (tertiary/aromatic N) is 1. The molecule has 0 aromatic carbocycles. The Labute approximate surface area is 95.0 Å². The maximum Gasteiger partial charge on any atom is 0.244 e. The highest BCUT2D eigenvalue weighted by Gasteiger charge is 2.23. The molecule has 0 saturated carbocycles. The van der Waals surface area contributed by atoms with E-state index in [1.54, 1.807) is 11.8 Å². The number of hydrogen-bond donors (Lipinski definition) is 1. The number of rotatable bonds is 4. The predicted octanol–water partition coefficient (Wildman–Crippen LogP) is 0.742. The SMILES string of the molecule is CC(NC(=O)CCCl)C(=O)N1CCCC1. The lowest BCUT2D eigenvalue weighted by Gasteiger charge is -2.20. The summed E-state index contributed by atoms with van der Waals surface area (Å²) in [5, 5.41) is 2.64. The molecule has 5 heteroatoms. The van der Waals surface area contributed by atoms with Gasteiger partial charge < -0.3 is 10.2 Å². The third kappa shape index (κ3) is 3.70. The van der Waals surface area contributed by atoms with Crippen molar-refractivity contribution in [3.8, 4) is 0 Å². The van der Waals surface area contributed by atoms with E-state index >= 15 is 0 Å². The van der Waals surface area contributed by atoms with Gasteiger partial charge in [-0.15, -0.1) is 11.6 Å². The Bertz CT molecular complexity index is 240. The van der Waals surface area contributed by atoms with Crippen molar-refractivity contribution in [1.29, 1.82) is 0 Å². The van der Waals surface area contributed by atoms with E-state index in [-0.39, 0.29) is 24.1 Å². The minimum absolute atomic E-state index is 0.00965. The zero-order valence-corrected chi connectivity index (χ0v) is 9.72. The summed E-state index contributed by atoms with van der Waals surface area (Å²) in [6.07, 6.45) is 2.39. The smallest absolute Gasteiger partial charge is 0.244 e. The Morgan fingerprint density at radius 2 is 2.00 bits per heavy atom. The van der Waals surface area contributed by atoms with Gasteiger partial charge in [-0.05, 0) is 19.8 Å². The van der Waals surface area contributed by atoms with Crippen LogP contribution in [0, 0.1) is 0 Å². The van der Waals surface area contributed by atoms with Crippen LogP contribution in [-0.2, 0) is 9.59 Å². The van der Waals surface area contributed by atoms with Gasteiger partial charge in [0, 0.05) is 25.4 Å². The fourth-order valence-electron chi connectivity index (χ4n) is 1.67. The van der Waals surface area contributed by atoms with Gasteiger partial charge in [-0.3, -0.25) is 9.59 Å². The number of likely N-dealkylation sites (tertiary alicyclic amines) is 1. The molecule has 0 bridgehead atoms. The normalized spacial score (nSPS) is 17.6. The molecule has 0 aromatic heterocycles. The van der Waals surface area contributed by atoms with E-state index in [1.807, 2.05) is 0 Å². The van der Waals surface area contributed by atoms with Crippen molar-refractivity contribution >= 4 is 23.4 Å². The number of alkyl halides is 1. The lowest BCUT2D eigenvalue weighted by molar-refractivity contribution is -0.135. The Hall–Kier alpha value is -0.770. The summed E-state index contributed by atoms with van der Waals surface area (Å²) in [7, 11) is 0. The van der Waals surface area contributed by atoms with Crippen LogP contribution in [0.3, 0.4) is 0 Å². The van der Waals surface area contributed by atoms with Crippen molar-refractivity contribution in [3.63, 3.8) is 0 Å². The molecule has 2 amide bonds. The van der Waals surface area contributed by atoms with Crippen LogP contribution in [-0.4, -0.2) is 41.7 Å². The maximum atomic E-state index is 11.8. The molecule has 0 aromatic rings. The molecule has 1 fully saturated rings. The van der Waals surface area contributed by atoms with Crippen LogP contribution in [0.1, 0.15) is 26.2 Å². The van der Waals surface area contributed by atoms with Crippen LogP contribution in [0.4, 0.5) is 0 Å². The third-order valence-electron chi connectivity index (χ3n) is 2.49. The molecular weight excluding hydrogens is 216 g/mol. The molecule has 1 atom stereocenters. The average molecular weight is 233 g/mol. The van der Waals surface area contributed by atoms with Crippen molar-refractivity contribution in [2.24, 2.45) is 0 Å². The predicted molar refractivity (Wildman–Crippen MR) is 58.8 cm³/mol. The molecule has 4 nitrogen and oxygen atoms in total. The molecule has 0 spiro atoms. The summed E-state index contributed by atoms with van der Waals surface area (Å²) >= 11 is 5.43. The van der Waals surface area contributed by atoms with Crippen LogP contribution >= 0.6 is 11.6 Å². The molecule has 1 unspecified atom stereocenters. The molecule has 15 heavy (non-hydrogen) atoms. The number of halogens is 1. The van der Waals surface area contributed by atoms with E-state index in [1.165, 1.54) is 0 Å². The molecule has 1 aliphatic heterocycles. The molecule has 0 radical (unpaired) electrons. The van der Waals surface area contributed by atoms with Crippen LogP contribution < -0.4 is 5.32 Å². The fourth-order valence-corrected chi connectivity index (χ4v) is 1.84. The first kappa shape index (κ1) is 12.3. The van der Waals surface area contributed by atoms with E-state index < -0.39 is 6.04 Å². The monoisotopic (exact) mass is 232 g/mol. The fraction of sp³-hybridized carbons (Fsp3) is 0.800. The number of carbonyl (C=O) groups is 2. The Kier molecular flexibility index (Phi) is 4.88. The summed E-state index contributed by atoms with van der Waals surface area (Å²) in [6, 6.07) is -0.432. The van der Waals surface area contributed by atoms with Gasteiger partial charge in [0.05, 0.1) is 0 Å². The van der Waals surface area contributed by atoms with E-state index in [4.69, 9.17) is 11.6 Å². The van der Waals surface area contributed by atoms with Crippen molar-refractivity contribution < 1.29 is 9.59 Å². The first-order valence-corrected chi connectivity index (χ1v) is 5.82. The van der Waals surface area contributed by atoms with Gasteiger partial charge in [-0.2, -0.15) is 0 Å². The number of amides is 2. The second-order valence-electron chi connectivity index (χ2n) is 3.76. The quantitative estimate of drug-likeness (QED) is 0.727. The van der Waals surface area contributed by atoms with E-state index in [0.29, 0.717) is 0 Å². The van der Waals surface area contributed by atoms with Crippen molar-refractivity contribution in [1.82, 2.24) is 10.2 Å². The minimum atomic E-state index is -0.432. The summed E-state index contributed by atoms with van der Waals surface area (Å²) < 4.78 is 0. The third-order valence-corrected chi connectivity index (χ3v) is 2.68. The molecular formula is C10H17ClN2O2. The standard InChI is InChI=1S/C10H17ClN2O2/c1-8(12-9(14)4-5-11)10(15)13-6-2-3-7-13/h8H,2-7H2,1H3,(H,12,14). The van der Waals surface area contributed by atoms with Crippen molar-refractivity contribution in [3.05, 3.63) is 0 Å². The highest BCUT2D eigenvalue weighted by atomic mass is 35.5. The molecule has 86 valence electrons. The second-order valence-corrected chi connectivity index (χ2v) is 4.14. The number of nitrogens with one attached hydrogen (secondary N) is 1. The Morgan fingerprint density at radius 3 is 2.53 bits per heavy atom. The molecule has 1 N–H and O–H groups in total. The van der Waals surface area contributed by atoms with Gasteiger partial charge >= 0.3 is 0 Å². The molecule has 1 saturated heterocycles. The van der Waals surface area contributed by atoms with Crippen LogP contribution in [0.15, 0.2) is 0 Å². The zero-order chi connectivity index (χ0) is 11.3. The van der Waals surface area contributed by atoms with Gasteiger partial charge in [0.2, 0.25) is 11.8 Å². The zero-order valence-electron chi connectivity index (χ0n) is 8.96. The number of carbonyl (C=O) groups excluding carboxylic acids is 2. The van der Waals surface area contributed by atoms with Gasteiger partial charge in [0.15, 0.2) is 0 Å². The molecule has 1 aliphatic rings. The van der Waals surface area contributed by atoms with Crippen molar-refractivity contribution in [2.45, 2.75) is 32.2 Å². The van der Waals surface area contributed by atoms with E-state index in [0.717, 1.165) is 25.9 Å². The number of hydrogen-bond acceptors (Lipinski definition) is 2. The molecule has 1 heterocycles. The van der Waals surface area contributed by atoms with Crippen molar-refractivity contribution in [2.75, 3.05) is 19.0 Å². The van der Waals surface area contributed by atoms with Crippen LogP contribution in [0.25, 0.3) is 0 Å². The summed E-state index contributed by atoms with van der Waals surface area (Å²) in [5.41, 5.74) is 0. The average Bonchev–Trinajstić information content (AvgIpc) is 2.69. The second kappa shape index (κ2) is 5.95. The topological polar surface area (TPSA) is 49.4 Å². The molecule has 0 aliphatic carbocycles. The highest BCUT2D eigenvalue weighted by Crippen LogP contribution is 2.08. The minimum Gasteiger partial charge on any atom is -0.345 e. The van der Waals surface area contributed by atoms with Crippen LogP contribution in [0.5, 0.6) is 0 Å². The lowest BCUT2D eigenvalue weighted by atomic mass is 10.2. The van der Waals surface area contributed by atoms with E-state index in [2.05, 4.69) is 5.32 Å².